The van der Waals surface area contributed by atoms with Crippen LogP contribution in [-0.4, -0.2) is 41.4 Å². The fraction of sp³-hybridized carbons (Fsp3) is 0.0769. The molecule has 3 aromatic carbocycles. The van der Waals surface area contributed by atoms with Crippen LogP contribution in [0, 0.1) is 0 Å². The van der Waals surface area contributed by atoms with Gasteiger partial charge in [0, 0.05) is 11.9 Å². The summed E-state index contributed by atoms with van der Waals surface area (Å²) in [6, 6.07) is 24.4. The summed E-state index contributed by atoms with van der Waals surface area (Å²) in [5, 5.41) is 2.62. The lowest BCUT2D eigenvalue weighted by Crippen LogP contribution is -2.38. The first-order chi connectivity index (χ1) is 18.2. The molecule has 0 aliphatic heterocycles. The lowest BCUT2D eigenvalue weighted by Gasteiger charge is -2.24. The van der Waals surface area contributed by atoms with Gasteiger partial charge >= 0.3 is 0 Å². The van der Waals surface area contributed by atoms with Gasteiger partial charge in [0.2, 0.25) is 5.91 Å². The van der Waals surface area contributed by atoms with E-state index in [1.54, 1.807) is 54.6 Å². The van der Waals surface area contributed by atoms with Crippen molar-refractivity contribution in [3.05, 3.63) is 103 Å². The van der Waals surface area contributed by atoms with Crippen LogP contribution in [0.3, 0.4) is 0 Å². The van der Waals surface area contributed by atoms with Crippen molar-refractivity contribution in [3.8, 4) is 5.75 Å². The van der Waals surface area contributed by atoms with Crippen molar-refractivity contribution in [2.75, 3.05) is 28.0 Å². The van der Waals surface area contributed by atoms with Crippen LogP contribution in [0.4, 0.5) is 17.2 Å². The molecule has 1 heterocycles. The Morgan fingerprint density at radius 3 is 2.08 bits per heavy atom. The molecule has 1 amide bonds. The molecule has 0 aliphatic carbocycles. The third-order valence-corrected chi connectivity index (χ3v) is 8.49. The summed E-state index contributed by atoms with van der Waals surface area (Å²) in [5.74, 6) is 0.0773. The number of hydrogen-bond acceptors (Lipinski definition) is 7. The Morgan fingerprint density at radius 2 is 1.47 bits per heavy atom. The molecule has 0 radical (unpaired) electrons. The number of carbonyl (C=O) groups excluding carboxylic acids is 1. The maximum Gasteiger partial charge on any atom is 0.264 e. The number of carbonyl (C=O) groups is 1. The van der Waals surface area contributed by atoms with E-state index < -0.39 is 32.5 Å². The van der Waals surface area contributed by atoms with Crippen LogP contribution in [0.15, 0.2) is 113 Å². The molecule has 0 bridgehead atoms. The minimum atomic E-state index is -4.08. The Morgan fingerprint density at radius 1 is 0.816 bits per heavy atom. The number of nitrogens with one attached hydrogen (secondary N) is 2. The standard InChI is InChI=1S/C26H24N4O6S2/c1-36-22-14-12-21(13-15-22)30(38(34,35)24-7-3-2-4-8-24)19-26(31)28-20-10-16-23(17-11-20)37(32,33)29-25-9-5-6-18-27-25/h2-18H,19H2,1H3,(H,27,29)(H,28,31). The number of pyridine rings is 1. The van der Waals surface area contributed by atoms with Crippen molar-refractivity contribution in [1.29, 1.82) is 0 Å². The second-order valence-corrected chi connectivity index (χ2v) is 11.5. The summed E-state index contributed by atoms with van der Waals surface area (Å²) < 4.78 is 60.6. The first kappa shape index (κ1) is 26.6. The predicted molar refractivity (Wildman–Crippen MR) is 144 cm³/mol. The molecule has 4 rings (SSSR count). The molecule has 10 nitrogen and oxygen atoms in total. The Bertz CT molecular complexity index is 1600. The molecule has 1 aromatic heterocycles. The molecule has 0 saturated heterocycles. The van der Waals surface area contributed by atoms with E-state index in [9.17, 15) is 21.6 Å². The fourth-order valence-corrected chi connectivity index (χ4v) is 5.90. The van der Waals surface area contributed by atoms with Gasteiger partial charge in [-0.2, -0.15) is 0 Å². The summed E-state index contributed by atoms with van der Waals surface area (Å²) in [4.78, 5) is 16.9. The molecule has 0 fully saturated rings. The van der Waals surface area contributed by atoms with Gasteiger partial charge in [0.25, 0.3) is 20.0 Å². The molecular formula is C26H24N4O6S2. The van der Waals surface area contributed by atoms with Crippen LogP contribution in [-0.2, 0) is 24.8 Å². The lowest BCUT2D eigenvalue weighted by atomic mass is 10.3. The molecule has 196 valence electrons. The smallest absolute Gasteiger partial charge is 0.264 e. The molecule has 0 unspecified atom stereocenters. The summed E-state index contributed by atoms with van der Waals surface area (Å²) in [6.45, 7) is -0.523. The quantitative estimate of drug-likeness (QED) is 0.306. The van der Waals surface area contributed by atoms with Gasteiger partial charge in [-0.3, -0.25) is 13.8 Å². The number of aromatic nitrogens is 1. The van der Waals surface area contributed by atoms with E-state index in [-0.39, 0.29) is 21.3 Å². The van der Waals surface area contributed by atoms with E-state index >= 15 is 0 Å². The number of sulfonamides is 2. The van der Waals surface area contributed by atoms with E-state index in [0.717, 1.165) is 4.31 Å². The number of benzene rings is 3. The monoisotopic (exact) mass is 552 g/mol. The van der Waals surface area contributed by atoms with Gasteiger partial charge in [0.1, 0.15) is 18.1 Å². The maximum atomic E-state index is 13.4. The molecule has 0 atom stereocenters. The summed E-state index contributed by atoms with van der Waals surface area (Å²) in [5.41, 5.74) is 0.561. The molecule has 4 aromatic rings. The number of rotatable bonds is 10. The van der Waals surface area contributed by atoms with Gasteiger partial charge < -0.3 is 10.1 Å². The van der Waals surface area contributed by atoms with Crippen molar-refractivity contribution in [1.82, 2.24) is 4.98 Å². The number of methoxy groups -OCH3 is 1. The third-order valence-electron chi connectivity index (χ3n) is 5.33. The number of nitrogens with zero attached hydrogens (tertiary/aromatic N) is 2. The highest BCUT2D eigenvalue weighted by Crippen LogP contribution is 2.26. The van der Waals surface area contributed by atoms with Crippen LogP contribution in [0.2, 0.25) is 0 Å². The number of amides is 1. The molecule has 12 heteroatoms. The molecule has 2 N–H and O–H groups in total. The highest BCUT2D eigenvalue weighted by Gasteiger charge is 2.27. The molecule has 0 saturated carbocycles. The Kier molecular flexibility index (Phi) is 7.93. The van der Waals surface area contributed by atoms with Crippen LogP contribution >= 0.6 is 0 Å². The van der Waals surface area contributed by atoms with Crippen molar-refractivity contribution in [3.63, 3.8) is 0 Å². The van der Waals surface area contributed by atoms with Crippen molar-refractivity contribution >= 4 is 43.1 Å². The van der Waals surface area contributed by atoms with Gasteiger partial charge in [0.05, 0.1) is 22.6 Å². The third kappa shape index (κ3) is 6.28. The van der Waals surface area contributed by atoms with Crippen molar-refractivity contribution in [2.24, 2.45) is 0 Å². The number of ether oxygens (including phenoxy) is 1. The minimum Gasteiger partial charge on any atom is -0.497 e. The number of hydrogen-bond donors (Lipinski definition) is 2. The SMILES string of the molecule is COc1ccc(N(CC(=O)Nc2ccc(S(=O)(=O)Nc3ccccn3)cc2)S(=O)(=O)c2ccccc2)cc1. The highest BCUT2D eigenvalue weighted by molar-refractivity contribution is 7.93. The Hall–Kier alpha value is -4.42. The number of anilines is 3. The van der Waals surface area contributed by atoms with Gasteiger partial charge in [-0.25, -0.2) is 21.8 Å². The van der Waals surface area contributed by atoms with Crippen molar-refractivity contribution < 1.29 is 26.4 Å². The average molecular weight is 553 g/mol. The minimum absolute atomic E-state index is 0.0265. The largest absolute Gasteiger partial charge is 0.497 e. The van der Waals surface area contributed by atoms with E-state index in [2.05, 4.69) is 15.0 Å². The zero-order valence-corrected chi connectivity index (χ0v) is 21.8. The van der Waals surface area contributed by atoms with Gasteiger partial charge in [0.15, 0.2) is 0 Å². The first-order valence-corrected chi connectivity index (χ1v) is 14.2. The summed E-state index contributed by atoms with van der Waals surface area (Å²) in [7, 11) is -6.48. The van der Waals surface area contributed by atoms with Gasteiger partial charge in [-0.05, 0) is 72.8 Å². The van der Waals surface area contributed by atoms with Crippen LogP contribution in [0.25, 0.3) is 0 Å². The highest BCUT2D eigenvalue weighted by atomic mass is 32.2. The van der Waals surface area contributed by atoms with Crippen LogP contribution in [0.1, 0.15) is 0 Å². The molecule has 0 spiro atoms. The molecular weight excluding hydrogens is 528 g/mol. The maximum absolute atomic E-state index is 13.4. The van der Waals surface area contributed by atoms with Gasteiger partial charge in [-0.15, -0.1) is 0 Å². The predicted octanol–water partition coefficient (Wildman–Crippen LogP) is 3.73. The fourth-order valence-electron chi connectivity index (χ4n) is 3.45. The first-order valence-electron chi connectivity index (χ1n) is 11.2. The summed E-state index contributed by atoms with van der Waals surface area (Å²) in [6.07, 6.45) is 1.46. The molecule has 38 heavy (non-hydrogen) atoms. The second-order valence-electron chi connectivity index (χ2n) is 7.92. The van der Waals surface area contributed by atoms with Gasteiger partial charge in [-0.1, -0.05) is 24.3 Å². The second kappa shape index (κ2) is 11.3. The van der Waals surface area contributed by atoms with E-state index in [0.29, 0.717) is 11.4 Å². The van der Waals surface area contributed by atoms with E-state index in [1.165, 1.54) is 55.8 Å². The van der Waals surface area contributed by atoms with Crippen molar-refractivity contribution in [2.45, 2.75) is 9.79 Å². The lowest BCUT2D eigenvalue weighted by molar-refractivity contribution is -0.114. The molecule has 0 aliphatic rings. The van der Waals surface area contributed by atoms with E-state index in [4.69, 9.17) is 4.74 Å². The topological polar surface area (TPSA) is 135 Å². The normalized spacial score (nSPS) is 11.4. The van der Waals surface area contributed by atoms with Crippen LogP contribution < -0.4 is 19.1 Å². The zero-order valence-electron chi connectivity index (χ0n) is 20.2. The zero-order chi connectivity index (χ0) is 27.2. The Labute approximate surface area is 221 Å². The Balaban J connectivity index is 1.53. The van der Waals surface area contributed by atoms with E-state index in [1.807, 2.05) is 0 Å². The summed E-state index contributed by atoms with van der Waals surface area (Å²) >= 11 is 0. The average Bonchev–Trinajstić information content (AvgIpc) is 2.93. The van der Waals surface area contributed by atoms with Crippen LogP contribution in [0.5, 0.6) is 5.75 Å².